The molecule has 0 aliphatic heterocycles. The molecule has 0 N–H and O–H groups in total. The first-order valence-electron chi connectivity index (χ1n) is 6.08. The summed E-state index contributed by atoms with van der Waals surface area (Å²) < 4.78 is 29.2. The van der Waals surface area contributed by atoms with Crippen LogP contribution in [0.15, 0.2) is 29.2 Å². The SMILES string of the molecule is CCS(=O)(=O)c1ccccc1N(C)CC(Br)COC. The molecule has 0 saturated carbocycles. The van der Waals surface area contributed by atoms with Gasteiger partial charge in [0, 0.05) is 20.7 Å². The van der Waals surface area contributed by atoms with Crippen LogP contribution in [0.4, 0.5) is 5.69 Å². The fourth-order valence-electron chi connectivity index (χ4n) is 1.82. The molecule has 0 aliphatic rings. The summed E-state index contributed by atoms with van der Waals surface area (Å²) in [7, 11) is 0.315. The minimum Gasteiger partial charge on any atom is -0.383 e. The standard InChI is InChI=1S/C13H20BrNO3S/c1-4-19(16,17)13-8-6-5-7-12(13)15(2)9-11(14)10-18-3/h5-8,11H,4,9-10H2,1-3H3. The molecule has 0 bridgehead atoms. The predicted octanol–water partition coefficient (Wildman–Crippen LogP) is 2.33. The Labute approximate surface area is 123 Å². The summed E-state index contributed by atoms with van der Waals surface area (Å²) in [4.78, 5) is 2.47. The Morgan fingerprint density at radius 2 is 2.00 bits per heavy atom. The Morgan fingerprint density at radius 1 is 1.37 bits per heavy atom. The van der Waals surface area contributed by atoms with Gasteiger partial charge in [-0.15, -0.1) is 0 Å². The van der Waals surface area contributed by atoms with E-state index in [0.717, 1.165) is 5.69 Å². The number of anilines is 1. The third kappa shape index (κ3) is 4.47. The van der Waals surface area contributed by atoms with Gasteiger partial charge in [-0.2, -0.15) is 0 Å². The van der Waals surface area contributed by atoms with E-state index in [1.165, 1.54) is 0 Å². The monoisotopic (exact) mass is 349 g/mol. The molecule has 108 valence electrons. The summed E-state index contributed by atoms with van der Waals surface area (Å²) in [6.45, 7) is 2.90. The van der Waals surface area contributed by atoms with Crippen LogP contribution in [-0.2, 0) is 14.6 Å². The second-order valence-corrected chi connectivity index (χ2v) is 7.85. The van der Waals surface area contributed by atoms with Crippen LogP contribution in [0.1, 0.15) is 6.92 Å². The summed E-state index contributed by atoms with van der Waals surface area (Å²) in [6.07, 6.45) is 0. The first-order chi connectivity index (χ1) is 8.92. The maximum absolute atomic E-state index is 12.1. The van der Waals surface area contributed by atoms with Gasteiger partial charge in [0.05, 0.1) is 27.8 Å². The quantitative estimate of drug-likeness (QED) is 0.708. The van der Waals surface area contributed by atoms with Crippen LogP contribution in [0, 0.1) is 0 Å². The fraction of sp³-hybridized carbons (Fsp3) is 0.538. The molecular weight excluding hydrogens is 330 g/mol. The lowest BCUT2D eigenvalue weighted by Gasteiger charge is -2.24. The zero-order chi connectivity index (χ0) is 14.5. The average Bonchev–Trinajstić information content (AvgIpc) is 2.39. The summed E-state index contributed by atoms with van der Waals surface area (Å²) in [5, 5.41) is 0. The molecule has 0 fully saturated rings. The highest BCUT2D eigenvalue weighted by molar-refractivity contribution is 9.09. The number of hydrogen-bond acceptors (Lipinski definition) is 4. The number of hydrogen-bond donors (Lipinski definition) is 0. The van der Waals surface area contributed by atoms with Crippen molar-refractivity contribution in [3.8, 4) is 0 Å². The van der Waals surface area contributed by atoms with Crippen molar-refractivity contribution in [3.63, 3.8) is 0 Å². The highest BCUT2D eigenvalue weighted by Gasteiger charge is 2.19. The van der Waals surface area contributed by atoms with E-state index in [2.05, 4.69) is 15.9 Å². The average molecular weight is 350 g/mol. The minimum absolute atomic E-state index is 0.105. The molecule has 4 nitrogen and oxygen atoms in total. The van der Waals surface area contributed by atoms with Crippen LogP contribution >= 0.6 is 15.9 Å². The highest BCUT2D eigenvalue weighted by Crippen LogP contribution is 2.25. The van der Waals surface area contributed by atoms with Gasteiger partial charge in [0.25, 0.3) is 0 Å². The van der Waals surface area contributed by atoms with E-state index in [1.807, 2.05) is 24.1 Å². The smallest absolute Gasteiger partial charge is 0.180 e. The van der Waals surface area contributed by atoms with Gasteiger partial charge in [-0.25, -0.2) is 8.42 Å². The van der Waals surface area contributed by atoms with Gasteiger partial charge in [0.2, 0.25) is 0 Å². The Morgan fingerprint density at radius 3 is 2.58 bits per heavy atom. The Balaban J connectivity index is 3.01. The zero-order valence-corrected chi connectivity index (χ0v) is 13.9. The number of rotatable bonds is 7. The van der Waals surface area contributed by atoms with E-state index in [1.54, 1.807) is 26.2 Å². The topological polar surface area (TPSA) is 46.6 Å². The molecule has 0 amide bonds. The van der Waals surface area contributed by atoms with E-state index in [4.69, 9.17) is 4.74 Å². The van der Waals surface area contributed by atoms with Gasteiger partial charge in [-0.05, 0) is 12.1 Å². The molecule has 0 saturated heterocycles. The molecule has 1 unspecified atom stereocenters. The largest absolute Gasteiger partial charge is 0.383 e. The van der Waals surface area contributed by atoms with Crippen molar-refractivity contribution in [2.45, 2.75) is 16.6 Å². The molecular formula is C13H20BrNO3S. The Bertz CT molecular complexity index is 504. The number of halogens is 1. The number of methoxy groups -OCH3 is 1. The van der Waals surface area contributed by atoms with Gasteiger partial charge < -0.3 is 9.64 Å². The van der Waals surface area contributed by atoms with Gasteiger partial charge in [0.15, 0.2) is 9.84 Å². The normalized spacial score (nSPS) is 13.3. The third-order valence-corrected chi connectivity index (χ3v) is 5.14. The van der Waals surface area contributed by atoms with Crippen LogP contribution < -0.4 is 4.90 Å². The summed E-state index contributed by atoms with van der Waals surface area (Å²) >= 11 is 3.51. The minimum atomic E-state index is -3.21. The number of nitrogens with zero attached hydrogens (tertiary/aromatic N) is 1. The van der Waals surface area contributed by atoms with Crippen LogP contribution in [0.2, 0.25) is 0 Å². The molecule has 0 heterocycles. The molecule has 1 aromatic rings. The van der Waals surface area contributed by atoms with E-state index in [9.17, 15) is 8.42 Å². The highest BCUT2D eigenvalue weighted by atomic mass is 79.9. The molecule has 1 aromatic carbocycles. The van der Waals surface area contributed by atoms with Crippen molar-refractivity contribution in [2.24, 2.45) is 0 Å². The maximum Gasteiger partial charge on any atom is 0.180 e. The van der Waals surface area contributed by atoms with Crippen molar-refractivity contribution in [3.05, 3.63) is 24.3 Å². The van der Waals surface area contributed by atoms with Gasteiger partial charge in [0.1, 0.15) is 0 Å². The first kappa shape index (κ1) is 16.5. The van der Waals surface area contributed by atoms with E-state index >= 15 is 0 Å². The number of ether oxygens (including phenoxy) is 1. The van der Waals surface area contributed by atoms with E-state index in [0.29, 0.717) is 18.0 Å². The molecule has 19 heavy (non-hydrogen) atoms. The number of benzene rings is 1. The second-order valence-electron chi connectivity index (χ2n) is 4.30. The maximum atomic E-state index is 12.1. The van der Waals surface area contributed by atoms with E-state index < -0.39 is 9.84 Å². The number of para-hydroxylation sites is 1. The van der Waals surface area contributed by atoms with Crippen LogP contribution in [-0.4, -0.2) is 46.3 Å². The Hall–Kier alpha value is -0.590. The second kappa shape index (κ2) is 7.26. The molecule has 0 aromatic heterocycles. The summed E-state index contributed by atoms with van der Waals surface area (Å²) in [6, 6.07) is 7.08. The van der Waals surface area contributed by atoms with Crippen molar-refractivity contribution in [1.29, 1.82) is 0 Å². The van der Waals surface area contributed by atoms with Crippen LogP contribution in [0.5, 0.6) is 0 Å². The van der Waals surface area contributed by atoms with Crippen LogP contribution in [0.25, 0.3) is 0 Å². The predicted molar refractivity (Wildman–Crippen MR) is 82.0 cm³/mol. The summed E-state index contributed by atoms with van der Waals surface area (Å²) in [5.74, 6) is 0.105. The van der Waals surface area contributed by atoms with Crippen molar-refractivity contribution >= 4 is 31.5 Å². The van der Waals surface area contributed by atoms with Crippen molar-refractivity contribution < 1.29 is 13.2 Å². The zero-order valence-electron chi connectivity index (χ0n) is 11.5. The molecule has 0 aliphatic carbocycles. The van der Waals surface area contributed by atoms with Crippen molar-refractivity contribution in [1.82, 2.24) is 0 Å². The van der Waals surface area contributed by atoms with Gasteiger partial charge in [-0.1, -0.05) is 35.0 Å². The molecule has 1 rings (SSSR count). The lowest BCUT2D eigenvalue weighted by atomic mass is 10.3. The van der Waals surface area contributed by atoms with Crippen LogP contribution in [0.3, 0.4) is 0 Å². The third-order valence-electron chi connectivity index (χ3n) is 2.81. The van der Waals surface area contributed by atoms with Gasteiger partial charge >= 0.3 is 0 Å². The number of sulfone groups is 1. The lowest BCUT2D eigenvalue weighted by Crippen LogP contribution is -2.29. The molecule has 1 atom stereocenters. The number of alkyl halides is 1. The lowest BCUT2D eigenvalue weighted by molar-refractivity contribution is 0.201. The fourth-order valence-corrected chi connectivity index (χ4v) is 3.66. The first-order valence-corrected chi connectivity index (χ1v) is 8.65. The molecule has 0 spiro atoms. The van der Waals surface area contributed by atoms with Crippen molar-refractivity contribution in [2.75, 3.05) is 38.0 Å². The summed E-state index contributed by atoms with van der Waals surface area (Å²) in [5.41, 5.74) is 0.727. The van der Waals surface area contributed by atoms with Gasteiger partial charge in [-0.3, -0.25) is 0 Å². The Kier molecular flexibility index (Phi) is 6.29. The van der Waals surface area contributed by atoms with E-state index in [-0.39, 0.29) is 10.6 Å². The molecule has 6 heteroatoms. The molecule has 0 radical (unpaired) electrons.